The summed E-state index contributed by atoms with van der Waals surface area (Å²) in [4.78, 5) is 2.38. The summed E-state index contributed by atoms with van der Waals surface area (Å²) in [5.74, 6) is -1.63. The van der Waals surface area contributed by atoms with Gasteiger partial charge in [0.25, 0.3) is 0 Å². The summed E-state index contributed by atoms with van der Waals surface area (Å²) in [5, 5.41) is 0. The van der Waals surface area contributed by atoms with Crippen LogP contribution in [0.3, 0.4) is 0 Å². The molecular weight excluding hydrogens is 258 g/mol. The van der Waals surface area contributed by atoms with Crippen molar-refractivity contribution in [1.29, 1.82) is 0 Å². The van der Waals surface area contributed by atoms with E-state index in [1.807, 2.05) is 0 Å². The van der Waals surface area contributed by atoms with E-state index in [2.05, 4.69) is 18.7 Å². The monoisotopic (exact) mass is 282 g/mol. The van der Waals surface area contributed by atoms with Crippen molar-refractivity contribution in [3.63, 3.8) is 0 Å². The van der Waals surface area contributed by atoms with Crippen molar-refractivity contribution < 1.29 is 8.78 Å². The third-order valence-corrected chi connectivity index (χ3v) is 4.12. The standard InChI is InChI=1S/C16H24F2N2/c1-16(2)8-4-9-20(11-16)10-7-14(19)12-5-3-6-13(17)15(12)18/h3,5-6,14H,4,7-11,19H2,1-2H3. The van der Waals surface area contributed by atoms with E-state index >= 15 is 0 Å². The quantitative estimate of drug-likeness (QED) is 0.916. The third-order valence-electron chi connectivity index (χ3n) is 4.12. The first-order chi connectivity index (χ1) is 9.39. The van der Waals surface area contributed by atoms with E-state index in [-0.39, 0.29) is 5.56 Å². The molecule has 1 saturated heterocycles. The van der Waals surface area contributed by atoms with Crippen LogP contribution in [0.25, 0.3) is 0 Å². The Morgan fingerprint density at radius 2 is 2.10 bits per heavy atom. The molecule has 20 heavy (non-hydrogen) atoms. The maximum Gasteiger partial charge on any atom is 0.163 e. The fourth-order valence-corrected chi connectivity index (χ4v) is 3.02. The van der Waals surface area contributed by atoms with Crippen LogP contribution in [-0.2, 0) is 0 Å². The molecule has 2 rings (SSSR count). The average molecular weight is 282 g/mol. The van der Waals surface area contributed by atoms with Gasteiger partial charge < -0.3 is 10.6 Å². The maximum atomic E-state index is 13.7. The number of halogens is 2. The Bertz CT molecular complexity index is 460. The number of nitrogens with zero attached hydrogens (tertiary/aromatic N) is 1. The van der Waals surface area contributed by atoms with E-state index in [9.17, 15) is 8.78 Å². The van der Waals surface area contributed by atoms with E-state index in [0.29, 0.717) is 11.8 Å². The highest BCUT2D eigenvalue weighted by Crippen LogP contribution is 2.29. The Kier molecular flexibility index (Phi) is 4.76. The molecule has 1 aromatic rings. The Hall–Kier alpha value is -1.00. The fourth-order valence-electron chi connectivity index (χ4n) is 3.02. The lowest BCUT2D eigenvalue weighted by atomic mass is 9.84. The Morgan fingerprint density at radius 3 is 2.80 bits per heavy atom. The number of piperidine rings is 1. The summed E-state index contributed by atoms with van der Waals surface area (Å²) in [7, 11) is 0. The van der Waals surface area contributed by atoms with Gasteiger partial charge in [-0.2, -0.15) is 0 Å². The van der Waals surface area contributed by atoms with Crippen LogP contribution in [0.15, 0.2) is 18.2 Å². The molecule has 0 spiro atoms. The second-order valence-electron chi connectivity index (χ2n) is 6.58. The highest BCUT2D eigenvalue weighted by Gasteiger charge is 2.26. The SMILES string of the molecule is CC1(C)CCCN(CCC(N)c2cccc(F)c2F)C1. The molecule has 0 aromatic heterocycles. The first-order valence-electron chi connectivity index (χ1n) is 7.31. The van der Waals surface area contributed by atoms with Crippen molar-refractivity contribution in [2.45, 2.75) is 39.2 Å². The predicted molar refractivity (Wildman–Crippen MR) is 77.4 cm³/mol. The zero-order chi connectivity index (χ0) is 14.8. The lowest BCUT2D eigenvalue weighted by Gasteiger charge is -2.38. The molecule has 1 heterocycles. The van der Waals surface area contributed by atoms with Gasteiger partial charge in [-0.25, -0.2) is 8.78 Å². The van der Waals surface area contributed by atoms with Gasteiger partial charge in [0.1, 0.15) is 0 Å². The summed E-state index contributed by atoms with van der Waals surface area (Å²) in [6, 6.07) is 3.76. The topological polar surface area (TPSA) is 29.3 Å². The summed E-state index contributed by atoms with van der Waals surface area (Å²) < 4.78 is 26.9. The van der Waals surface area contributed by atoms with Gasteiger partial charge in [-0.3, -0.25) is 0 Å². The molecule has 0 aliphatic carbocycles. The molecule has 2 nitrogen and oxygen atoms in total. The molecule has 1 aromatic carbocycles. The minimum atomic E-state index is -0.822. The highest BCUT2D eigenvalue weighted by molar-refractivity contribution is 5.22. The van der Waals surface area contributed by atoms with Crippen molar-refractivity contribution in [2.24, 2.45) is 11.1 Å². The minimum Gasteiger partial charge on any atom is -0.324 e. The Morgan fingerprint density at radius 1 is 1.35 bits per heavy atom. The fraction of sp³-hybridized carbons (Fsp3) is 0.625. The molecule has 0 amide bonds. The second-order valence-corrected chi connectivity index (χ2v) is 6.58. The van der Waals surface area contributed by atoms with Gasteiger partial charge in [0.05, 0.1) is 0 Å². The summed E-state index contributed by atoms with van der Waals surface area (Å²) in [6.07, 6.45) is 3.08. The summed E-state index contributed by atoms with van der Waals surface area (Å²) in [5.41, 5.74) is 6.63. The van der Waals surface area contributed by atoms with E-state index in [1.54, 1.807) is 6.07 Å². The number of hydrogen-bond donors (Lipinski definition) is 1. The molecular formula is C16H24F2N2. The molecule has 1 atom stereocenters. The molecule has 0 saturated carbocycles. The van der Waals surface area contributed by atoms with E-state index < -0.39 is 17.7 Å². The number of nitrogens with two attached hydrogens (primary N) is 1. The van der Waals surface area contributed by atoms with Crippen LogP contribution >= 0.6 is 0 Å². The molecule has 2 N–H and O–H groups in total. The van der Waals surface area contributed by atoms with Gasteiger partial charge >= 0.3 is 0 Å². The zero-order valence-electron chi connectivity index (χ0n) is 12.3. The number of likely N-dealkylation sites (tertiary alicyclic amines) is 1. The third kappa shape index (κ3) is 3.76. The Balaban J connectivity index is 1.92. The highest BCUT2D eigenvalue weighted by atomic mass is 19.2. The van der Waals surface area contributed by atoms with Crippen molar-refractivity contribution in [3.8, 4) is 0 Å². The molecule has 1 aliphatic heterocycles. The summed E-state index contributed by atoms with van der Waals surface area (Å²) >= 11 is 0. The molecule has 1 fully saturated rings. The predicted octanol–water partition coefficient (Wildman–Crippen LogP) is 3.48. The van der Waals surface area contributed by atoms with E-state index in [1.165, 1.54) is 18.9 Å². The molecule has 112 valence electrons. The molecule has 0 bridgehead atoms. The van der Waals surface area contributed by atoms with Gasteiger partial charge in [-0.1, -0.05) is 26.0 Å². The smallest absolute Gasteiger partial charge is 0.163 e. The Labute approximate surface area is 120 Å². The van der Waals surface area contributed by atoms with Crippen molar-refractivity contribution in [2.75, 3.05) is 19.6 Å². The normalized spacial score (nSPS) is 20.9. The van der Waals surface area contributed by atoms with Crippen LogP contribution in [-0.4, -0.2) is 24.5 Å². The van der Waals surface area contributed by atoms with Gasteiger partial charge in [-0.05, 0) is 43.8 Å². The van der Waals surface area contributed by atoms with Crippen LogP contribution in [0.2, 0.25) is 0 Å². The number of benzene rings is 1. The molecule has 4 heteroatoms. The average Bonchev–Trinajstić information content (AvgIpc) is 2.38. The summed E-state index contributed by atoms with van der Waals surface area (Å²) in [6.45, 7) is 7.49. The molecule has 0 radical (unpaired) electrons. The largest absolute Gasteiger partial charge is 0.324 e. The van der Waals surface area contributed by atoms with Gasteiger partial charge in [0, 0.05) is 18.2 Å². The van der Waals surface area contributed by atoms with Crippen molar-refractivity contribution in [3.05, 3.63) is 35.4 Å². The molecule has 1 unspecified atom stereocenters. The van der Waals surface area contributed by atoms with Crippen LogP contribution in [0, 0.1) is 17.0 Å². The van der Waals surface area contributed by atoms with Gasteiger partial charge in [0.2, 0.25) is 0 Å². The van der Waals surface area contributed by atoms with E-state index in [0.717, 1.165) is 25.7 Å². The van der Waals surface area contributed by atoms with Crippen LogP contribution in [0.1, 0.15) is 44.7 Å². The number of rotatable bonds is 4. The maximum absolute atomic E-state index is 13.7. The van der Waals surface area contributed by atoms with Gasteiger partial charge in [0.15, 0.2) is 11.6 Å². The van der Waals surface area contributed by atoms with Crippen LogP contribution < -0.4 is 5.73 Å². The lowest BCUT2D eigenvalue weighted by Crippen LogP contribution is -2.41. The number of hydrogen-bond acceptors (Lipinski definition) is 2. The van der Waals surface area contributed by atoms with Crippen molar-refractivity contribution in [1.82, 2.24) is 4.90 Å². The first kappa shape index (κ1) is 15.4. The van der Waals surface area contributed by atoms with Crippen molar-refractivity contribution >= 4 is 0 Å². The zero-order valence-corrected chi connectivity index (χ0v) is 12.3. The lowest BCUT2D eigenvalue weighted by molar-refractivity contribution is 0.114. The van der Waals surface area contributed by atoms with Crippen LogP contribution in [0.4, 0.5) is 8.78 Å². The minimum absolute atomic E-state index is 0.279. The first-order valence-corrected chi connectivity index (χ1v) is 7.31. The van der Waals surface area contributed by atoms with Gasteiger partial charge in [-0.15, -0.1) is 0 Å². The van der Waals surface area contributed by atoms with E-state index in [4.69, 9.17) is 5.73 Å². The molecule has 1 aliphatic rings. The van der Waals surface area contributed by atoms with Crippen LogP contribution in [0.5, 0.6) is 0 Å². The second kappa shape index (κ2) is 6.19.